The zero-order chi connectivity index (χ0) is 14.7. The van der Waals surface area contributed by atoms with Gasteiger partial charge in [0.2, 0.25) is 0 Å². The third-order valence-corrected chi connectivity index (χ3v) is 5.21. The Hall–Kier alpha value is -1.39. The van der Waals surface area contributed by atoms with Crippen LogP contribution in [0.25, 0.3) is 0 Å². The molecule has 0 spiro atoms. The second-order valence-corrected chi connectivity index (χ2v) is 6.38. The lowest BCUT2D eigenvalue weighted by Crippen LogP contribution is -2.29. The average Bonchev–Trinajstić information content (AvgIpc) is 3.00. The van der Waals surface area contributed by atoms with Crippen LogP contribution in [0.4, 0.5) is 0 Å². The lowest BCUT2D eigenvalue weighted by atomic mass is 9.81. The van der Waals surface area contributed by atoms with Gasteiger partial charge in [-0.05, 0) is 48.9 Å². The van der Waals surface area contributed by atoms with Crippen LogP contribution in [0.15, 0.2) is 29.8 Å². The first-order valence-corrected chi connectivity index (χ1v) is 8.51. The summed E-state index contributed by atoms with van der Waals surface area (Å²) in [5.41, 5.74) is 2.68. The van der Waals surface area contributed by atoms with Crippen molar-refractivity contribution in [1.82, 2.24) is 10.3 Å². The largest absolute Gasteiger partial charge is 0.496 e. The molecule has 0 fully saturated rings. The number of ether oxygens (including phenoxy) is 1. The molecule has 1 N–H and O–H groups in total. The molecule has 2 aromatic rings. The number of aromatic nitrogens is 1. The molecule has 21 heavy (non-hydrogen) atoms. The van der Waals surface area contributed by atoms with E-state index in [4.69, 9.17) is 9.72 Å². The van der Waals surface area contributed by atoms with Crippen LogP contribution in [-0.2, 0) is 6.42 Å². The molecule has 0 amide bonds. The number of methoxy groups -OCH3 is 1. The molecular formula is C17H22N2OS. The van der Waals surface area contributed by atoms with Crippen LogP contribution in [0.5, 0.6) is 5.75 Å². The topological polar surface area (TPSA) is 34.1 Å². The van der Waals surface area contributed by atoms with Crippen molar-refractivity contribution in [2.24, 2.45) is 0 Å². The Bertz CT molecular complexity index is 596. The van der Waals surface area contributed by atoms with E-state index in [2.05, 4.69) is 35.8 Å². The molecule has 0 radical (unpaired) electrons. The maximum absolute atomic E-state index is 5.54. The van der Waals surface area contributed by atoms with Gasteiger partial charge >= 0.3 is 0 Å². The van der Waals surface area contributed by atoms with Gasteiger partial charge in [0.05, 0.1) is 18.0 Å². The predicted octanol–water partition coefficient (Wildman–Crippen LogP) is 3.92. The normalized spacial score (nSPS) is 19.0. The molecule has 3 nitrogen and oxygen atoms in total. The van der Waals surface area contributed by atoms with Crippen LogP contribution in [0.2, 0.25) is 0 Å². The van der Waals surface area contributed by atoms with E-state index in [1.165, 1.54) is 29.0 Å². The molecule has 0 aliphatic heterocycles. The molecule has 4 heteroatoms. The number of pyridine rings is 1. The van der Waals surface area contributed by atoms with Gasteiger partial charge in [-0.15, -0.1) is 11.3 Å². The second kappa shape index (κ2) is 6.58. The Morgan fingerprint density at radius 2 is 2.38 bits per heavy atom. The number of aryl methyl sites for hydroxylation is 1. The van der Waals surface area contributed by atoms with E-state index < -0.39 is 0 Å². The maximum atomic E-state index is 5.54. The van der Waals surface area contributed by atoms with E-state index in [0.717, 1.165) is 18.7 Å². The number of likely N-dealkylation sites (N-methyl/N-ethyl adjacent to an activating group) is 1. The van der Waals surface area contributed by atoms with Gasteiger partial charge in [-0.1, -0.05) is 13.0 Å². The highest BCUT2D eigenvalue weighted by Gasteiger charge is 2.31. The summed E-state index contributed by atoms with van der Waals surface area (Å²) in [6, 6.07) is 6.63. The summed E-state index contributed by atoms with van der Waals surface area (Å²) in [5, 5.41) is 5.77. The molecule has 2 heterocycles. The van der Waals surface area contributed by atoms with E-state index >= 15 is 0 Å². The van der Waals surface area contributed by atoms with Gasteiger partial charge in [-0.2, -0.15) is 0 Å². The third-order valence-electron chi connectivity index (χ3n) is 4.22. The molecule has 0 aromatic carbocycles. The van der Waals surface area contributed by atoms with Crippen LogP contribution in [-0.4, -0.2) is 18.6 Å². The Morgan fingerprint density at radius 1 is 1.48 bits per heavy atom. The van der Waals surface area contributed by atoms with Crippen LogP contribution in [0.3, 0.4) is 0 Å². The van der Waals surface area contributed by atoms with Gasteiger partial charge in [-0.25, -0.2) is 0 Å². The van der Waals surface area contributed by atoms with Crippen LogP contribution < -0.4 is 10.1 Å². The zero-order valence-electron chi connectivity index (χ0n) is 12.6. The standard InChI is InChI=1S/C17H22N2OS/c1-3-18-16(17-14(20-2)9-11-21-17)13-8-4-6-12-7-5-10-19-15(12)13/h5,7,9-11,13,16,18H,3-4,6,8H2,1-2H3. The molecule has 112 valence electrons. The third kappa shape index (κ3) is 2.83. The molecular weight excluding hydrogens is 280 g/mol. The smallest absolute Gasteiger partial charge is 0.134 e. The van der Waals surface area contributed by atoms with Gasteiger partial charge < -0.3 is 10.1 Å². The predicted molar refractivity (Wildman–Crippen MR) is 87.2 cm³/mol. The van der Waals surface area contributed by atoms with Crippen molar-refractivity contribution in [3.63, 3.8) is 0 Å². The molecule has 1 aliphatic rings. The summed E-state index contributed by atoms with van der Waals surface area (Å²) < 4.78 is 5.54. The molecule has 0 bridgehead atoms. The zero-order valence-corrected chi connectivity index (χ0v) is 13.5. The number of hydrogen-bond acceptors (Lipinski definition) is 4. The number of thiophene rings is 1. The van der Waals surface area contributed by atoms with Gasteiger partial charge in [0.15, 0.2) is 0 Å². The van der Waals surface area contributed by atoms with Crippen LogP contribution in [0.1, 0.15) is 47.9 Å². The van der Waals surface area contributed by atoms with Crippen molar-refractivity contribution in [1.29, 1.82) is 0 Å². The first-order valence-electron chi connectivity index (χ1n) is 7.63. The fourth-order valence-electron chi connectivity index (χ4n) is 3.31. The Morgan fingerprint density at radius 3 is 3.19 bits per heavy atom. The van der Waals surface area contributed by atoms with Crippen LogP contribution in [0, 0.1) is 0 Å². The summed E-state index contributed by atoms with van der Waals surface area (Å²) in [5.74, 6) is 1.43. The van der Waals surface area contributed by atoms with Crippen molar-refractivity contribution >= 4 is 11.3 Å². The highest BCUT2D eigenvalue weighted by atomic mass is 32.1. The molecule has 3 rings (SSSR count). The number of nitrogens with one attached hydrogen (secondary N) is 1. The van der Waals surface area contributed by atoms with Crippen molar-refractivity contribution < 1.29 is 4.74 Å². The fourth-order valence-corrected chi connectivity index (χ4v) is 4.31. The number of rotatable bonds is 5. The fraction of sp³-hybridized carbons (Fsp3) is 0.471. The number of hydrogen-bond donors (Lipinski definition) is 1. The van der Waals surface area contributed by atoms with Crippen molar-refractivity contribution in [2.45, 2.75) is 38.1 Å². The van der Waals surface area contributed by atoms with Crippen LogP contribution >= 0.6 is 11.3 Å². The van der Waals surface area contributed by atoms with Gasteiger partial charge in [-0.3, -0.25) is 4.98 Å². The van der Waals surface area contributed by atoms with E-state index in [1.807, 2.05) is 6.20 Å². The van der Waals surface area contributed by atoms with Crippen molar-refractivity contribution in [3.8, 4) is 5.75 Å². The molecule has 0 saturated heterocycles. The minimum absolute atomic E-state index is 0.291. The first-order chi connectivity index (χ1) is 10.3. The summed E-state index contributed by atoms with van der Waals surface area (Å²) in [6.07, 6.45) is 5.49. The Balaban J connectivity index is 1.99. The molecule has 2 atom stereocenters. The molecule has 0 saturated carbocycles. The van der Waals surface area contributed by atoms with E-state index in [1.54, 1.807) is 18.4 Å². The summed E-state index contributed by atoms with van der Waals surface area (Å²) in [6.45, 7) is 3.11. The molecule has 1 aliphatic carbocycles. The Labute approximate surface area is 130 Å². The highest BCUT2D eigenvalue weighted by molar-refractivity contribution is 7.10. The van der Waals surface area contributed by atoms with E-state index in [0.29, 0.717) is 12.0 Å². The number of nitrogens with zero attached hydrogens (tertiary/aromatic N) is 1. The maximum Gasteiger partial charge on any atom is 0.134 e. The first kappa shape index (κ1) is 14.5. The van der Waals surface area contributed by atoms with Crippen molar-refractivity contribution in [3.05, 3.63) is 45.9 Å². The minimum Gasteiger partial charge on any atom is -0.496 e. The van der Waals surface area contributed by atoms with Crippen molar-refractivity contribution in [2.75, 3.05) is 13.7 Å². The monoisotopic (exact) mass is 302 g/mol. The molecule has 2 unspecified atom stereocenters. The minimum atomic E-state index is 0.291. The second-order valence-electron chi connectivity index (χ2n) is 5.44. The van der Waals surface area contributed by atoms with Gasteiger partial charge in [0.25, 0.3) is 0 Å². The van der Waals surface area contributed by atoms with Gasteiger partial charge in [0, 0.05) is 17.8 Å². The lowest BCUT2D eigenvalue weighted by molar-refractivity contribution is 0.374. The lowest BCUT2D eigenvalue weighted by Gasteiger charge is -2.31. The van der Waals surface area contributed by atoms with E-state index in [-0.39, 0.29) is 0 Å². The van der Waals surface area contributed by atoms with Gasteiger partial charge in [0.1, 0.15) is 5.75 Å². The van der Waals surface area contributed by atoms with E-state index in [9.17, 15) is 0 Å². The Kier molecular flexibility index (Phi) is 4.56. The summed E-state index contributed by atoms with van der Waals surface area (Å²) in [7, 11) is 1.75. The SMILES string of the molecule is CCNC(c1sccc1OC)C1CCCc2cccnc21. The molecule has 2 aromatic heterocycles. The highest BCUT2D eigenvalue weighted by Crippen LogP contribution is 2.43. The summed E-state index contributed by atoms with van der Waals surface area (Å²) >= 11 is 1.78. The average molecular weight is 302 g/mol. The summed E-state index contributed by atoms with van der Waals surface area (Å²) in [4.78, 5) is 5.99. The number of fused-ring (bicyclic) bond motifs is 1. The quantitative estimate of drug-likeness (QED) is 0.909.